The standard InChI is InChI=1S/C13H21N5OS/c1-5-7-9-13(20-17-16-9)11(14-6-2)12-10(19-4)8-15-18(12)3/h8,11,14H,5-7H2,1-4H3. The first-order valence-corrected chi connectivity index (χ1v) is 7.60. The minimum Gasteiger partial charge on any atom is -0.493 e. The van der Waals surface area contributed by atoms with Gasteiger partial charge in [-0.15, -0.1) is 5.10 Å². The number of nitrogens with zero attached hydrogens (tertiary/aromatic N) is 4. The Labute approximate surface area is 123 Å². The molecule has 0 aliphatic carbocycles. The first kappa shape index (κ1) is 14.9. The van der Waals surface area contributed by atoms with Crippen LogP contribution in [0.4, 0.5) is 0 Å². The van der Waals surface area contributed by atoms with Crippen LogP contribution in [-0.4, -0.2) is 33.0 Å². The van der Waals surface area contributed by atoms with Gasteiger partial charge in [0.25, 0.3) is 0 Å². The first-order valence-electron chi connectivity index (χ1n) is 6.83. The van der Waals surface area contributed by atoms with Crippen molar-refractivity contribution in [1.82, 2.24) is 24.7 Å². The van der Waals surface area contributed by atoms with Crippen molar-refractivity contribution in [3.05, 3.63) is 22.5 Å². The summed E-state index contributed by atoms with van der Waals surface area (Å²) in [5, 5.41) is 12.0. The van der Waals surface area contributed by atoms with Gasteiger partial charge in [0.1, 0.15) is 5.69 Å². The molecule has 0 aliphatic rings. The van der Waals surface area contributed by atoms with Gasteiger partial charge in [0.15, 0.2) is 5.75 Å². The second kappa shape index (κ2) is 6.81. The Morgan fingerprint density at radius 1 is 1.45 bits per heavy atom. The summed E-state index contributed by atoms with van der Waals surface area (Å²) in [6.45, 7) is 5.09. The van der Waals surface area contributed by atoms with Crippen molar-refractivity contribution >= 4 is 11.5 Å². The highest BCUT2D eigenvalue weighted by Crippen LogP contribution is 2.32. The van der Waals surface area contributed by atoms with Crippen LogP contribution in [0.5, 0.6) is 5.75 Å². The minimum absolute atomic E-state index is 0.0176. The molecule has 0 aliphatic heterocycles. The summed E-state index contributed by atoms with van der Waals surface area (Å²) in [5.74, 6) is 0.786. The van der Waals surface area contributed by atoms with E-state index in [1.807, 2.05) is 11.7 Å². The van der Waals surface area contributed by atoms with E-state index in [-0.39, 0.29) is 6.04 Å². The molecule has 6 nitrogen and oxygen atoms in total. The number of methoxy groups -OCH3 is 1. The van der Waals surface area contributed by atoms with E-state index < -0.39 is 0 Å². The predicted molar refractivity (Wildman–Crippen MR) is 79.2 cm³/mol. The molecule has 1 N–H and O–H groups in total. The number of ether oxygens (including phenoxy) is 1. The highest BCUT2D eigenvalue weighted by atomic mass is 32.1. The van der Waals surface area contributed by atoms with E-state index in [4.69, 9.17) is 4.74 Å². The quantitative estimate of drug-likeness (QED) is 0.845. The summed E-state index contributed by atoms with van der Waals surface area (Å²) in [6.07, 6.45) is 3.74. The molecule has 7 heteroatoms. The molecule has 2 rings (SSSR count). The number of rotatable bonds is 7. The van der Waals surface area contributed by atoms with Gasteiger partial charge in [0.05, 0.1) is 29.9 Å². The van der Waals surface area contributed by atoms with Crippen molar-refractivity contribution in [2.24, 2.45) is 7.05 Å². The molecule has 0 bridgehead atoms. The van der Waals surface area contributed by atoms with Gasteiger partial charge in [-0.05, 0) is 24.5 Å². The van der Waals surface area contributed by atoms with Crippen LogP contribution in [0, 0.1) is 0 Å². The zero-order chi connectivity index (χ0) is 14.5. The molecule has 20 heavy (non-hydrogen) atoms. The molecular formula is C13H21N5OS. The highest BCUT2D eigenvalue weighted by Gasteiger charge is 2.26. The molecule has 0 amide bonds. The zero-order valence-corrected chi connectivity index (χ0v) is 13.2. The number of nitrogens with one attached hydrogen (secondary N) is 1. The van der Waals surface area contributed by atoms with Crippen LogP contribution in [0.3, 0.4) is 0 Å². The van der Waals surface area contributed by atoms with E-state index in [9.17, 15) is 0 Å². The average Bonchev–Trinajstić information content (AvgIpc) is 3.04. The summed E-state index contributed by atoms with van der Waals surface area (Å²) in [6, 6.07) is 0.0176. The maximum Gasteiger partial charge on any atom is 0.161 e. The number of hydrogen-bond acceptors (Lipinski definition) is 6. The molecule has 0 spiro atoms. The monoisotopic (exact) mass is 295 g/mol. The molecule has 0 radical (unpaired) electrons. The van der Waals surface area contributed by atoms with E-state index in [1.54, 1.807) is 13.3 Å². The maximum atomic E-state index is 5.43. The van der Waals surface area contributed by atoms with Gasteiger partial charge in [0, 0.05) is 7.05 Å². The molecule has 0 aromatic carbocycles. The van der Waals surface area contributed by atoms with Crippen molar-refractivity contribution in [3.8, 4) is 5.75 Å². The Morgan fingerprint density at radius 2 is 2.25 bits per heavy atom. The Kier molecular flexibility index (Phi) is 5.08. The third-order valence-electron chi connectivity index (χ3n) is 3.19. The van der Waals surface area contributed by atoms with Crippen molar-refractivity contribution < 1.29 is 4.74 Å². The third kappa shape index (κ3) is 2.83. The number of hydrogen-bond donors (Lipinski definition) is 1. The molecule has 2 heterocycles. The Bertz CT molecular complexity index is 551. The van der Waals surface area contributed by atoms with E-state index in [2.05, 4.69) is 33.8 Å². The van der Waals surface area contributed by atoms with Gasteiger partial charge >= 0.3 is 0 Å². The topological polar surface area (TPSA) is 64.9 Å². The molecule has 110 valence electrons. The van der Waals surface area contributed by atoms with Crippen molar-refractivity contribution in [1.29, 1.82) is 0 Å². The summed E-state index contributed by atoms with van der Waals surface area (Å²) in [7, 11) is 3.59. The van der Waals surface area contributed by atoms with Gasteiger partial charge in [-0.1, -0.05) is 24.8 Å². The Hall–Kier alpha value is -1.47. The molecule has 1 unspecified atom stereocenters. The molecule has 0 saturated carbocycles. The lowest BCUT2D eigenvalue weighted by Crippen LogP contribution is -2.25. The van der Waals surface area contributed by atoms with E-state index in [0.29, 0.717) is 0 Å². The van der Waals surface area contributed by atoms with Crippen molar-refractivity contribution in [2.75, 3.05) is 13.7 Å². The number of aryl methyl sites for hydroxylation is 2. The molecule has 2 aromatic rings. The van der Waals surface area contributed by atoms with Crippen LogP contribution >= 0.6 is 11.5 Å². The normalized spacial score (nSPS) is 12.6. The summed E-state index contributed by atoms with van der Waals surface area (Å²) < 4.78 is 11.4. The summed E-state index contributed by atoms with van der Waals surface area (Å²) in [5.41, 5.74) is 2.07. The fourth-order valence-corrected chi connectivity index (χ4v) is 3.05. The van der Waals surface area contributed by atoms with E-state index in [0.717, 1.165) is 41.4 Å². The smallest absolute Gasteiger partial charge is 0.161 e. The van der Waals surface area contributed by atoms with E-state index >= 15 is 0 Å². The van der Waals surface area contributed by atoms with Gasteiger partial charge < -0.3 is 10.1 Å². The van der Waals surface area contributed by atoms with E-state index in [1.165, 1.54) is 11.5 Å². The van der Waals surface area contributed by atoms with Gasteiger partial charge in [0.2, 0.25) is 0 Å². The summed E-state index contributed by atoms with van der Waals surface area (Å²) in [4.78, 5) is 1.15. The van der Waals surface area contributed by atoms with Crippen LogP contribution in [0.25, 0.3) is 0 Å². The van der Waals surface area contributed by atoms with Crippen LogP contribution in [0.1, 0.15) is 42.6 Å². The van der Waals surface area contributed by atoms with Gasteiger partial charge in [-0.3, -0.25) is 4.68 Å². The lowest BCUT2D eigenvalue weighted by atomic mass is 10.1. The number of aromatic nitrogens is 4. The second-order valence-electron chi connectivity index (χ2n) is 4.55. The largest absolute Gasteiger partial charge is 0.493 e. The average molecular weight is 295 g/mol. The molecule has 2 aromatic heterocycles. The SMILES string of the molecule is CCCc1nnsc1C(NCC)c1c(OC)cnn1C. The third-order valence-corrected chi connectivity index (χ3v) is 4.02. The predicted octanol–water partition coefficient (Wildman–Crippen LogP) is 1.93. The second-order valence-corrected chi connectivity index (χ2v) is 5.33. The fourth-order valence-electron chi connectivity index (χ4n) is 2.28. The molecular weight excluding hydrogens is 274 g/mol. The minimum atomic E-state index is 0.0176. The van der Waals surface area contributed by atoms with Gasteiger partial charge in [-0.25, -0.2) is 0 Å². The summed E-state index contributed by atoms with van der Waals surface area (Å²) >= 11 is 1.44. The van der Waals surface area contributed by atoms with Crippen LogP contribution < -0.4 is 10.1 Å². The van der Waals surface area contributed by atoms with Crippen LogP contribution in [0.15, 0.2) is 6.20 Å². The maximum absolute atomic E-state index is 5.43. The lowest BCUT2D eigenvalue weighted by molar-refractivity contribution is 0.401. The molecule has 0 saturated heterocycles. The van der Waals surface area contributed by atoms with Crippen molar-refractivity contribution in [2.45, 2.75) is 32.7 Å². The van der Waals surface area contributed by atoms with Crippen LogP contribution in [-0.2, 0) is 13.5 Å². The van der Waals surface area contributed by atoms with Crippen LogP contribution in [0.2, 0.25) is 0 Å². The Morgan fingerprint density at radius 3 is 2.90 bits per heavy atom. The van der Waals surface area contributed by atoms with Gasteiger partial charge in [-0.2, -0.15) is 5.10 Å². The van der Waals surface area contributed by atoms with Crippen molar-refractivity contribution in [3.63, 3.8) is 0 Å². The first-order chi connectivity index (χ1) is 9.72. The highest BCUT2D eigenvalue weighted by molar-refractivity contribution is 7.05. The Balaban J connectivity index is 2.45. The zero-order valence-electron chi connectivity index (χ0n) is 12.4. The molecule has 0 fully saturated rings. The lowest BCUT2D eigenvalue weighted by Gasteiger charge is -2.18. The fraction of sp³-hybridized carbons (Fsp3) is 0.615. The molecule has 1 atom stereocenters.